The van der Waals surface area contributed by atoms with Gasteiger partial charge < -0.3 is 5.32 Å². The van der Waals surface area contributed by atoms with Gasteiger partial charge in [0.15, 0.2) is 0 Å². The molecule has 1 unspecified atom stereocenters. The van der Waals surface area contributed by atoms with Crippen LogP contribution < -0.4 is 5.32 Å². The summed E-state index contributed by atoms with van der Waals surface area (Å²) in [5.74, 6) is 0.917. The first kappa shape index (κ1) is 6.81. The van der Waals surface area contributed by atoms with E-state index in [0.717, 1.165) is 5.92 Å². The molecule has 1 fully saturated rings. The third-order valence-electron chi connectivity index (χ3n) is 1.75. The third-order valence-corrected chi connectivity index (χ3v) is 1.75. The summed E-state index contributed by atoms with van der Waals surface area (Å²) in [6.07, 6.45) is 7.39. The first-order valence-electron chi connectivity index (χ1n) is 3.68. The maximum absolute atomic E-state index is 3.16. The molecule has 0 aliphatic heterocycles. The zero-order valence-corrected chi connectivity index (χ0v) is 6.22. The molecule has 52 valence electrons. The quantitative estimate of drug-likeness (QED) is 0.564. The van der Waals surface area contributed by atoms with Crippen LogP contribution in [-0.4, -0.2) is 13.1 Å². The van der Waals surface area contributed by atoms with Crippen molar-refractivity contribution in [1.82, 2.24) is 5.32 Å². The summed E-state index contributed by atoms with van der Waals surface area (Å²) in [4.78, 5) is 0. The standard InChI is InChI=1S/C8H15N/c1-7(9-2)3-4-8-5-6-8/h3-4,7-9H,5-6H2,1-2H3/b4-3+. The van der Waals surface area contributed by atoms with Crippen molar-refractivity contribution in [3.8, 4) is 0 Å². The normalized spacial score (nSPS) is 22.9. The Balaban J connectivity index is 2.12. The van der Waals surface area contributed by atoms with E-state index in [1.165, 1.54) is 12.8 Å². The largest absolute Gasteiger partial charge is 0.314 e. The van der Waals surface area contributed by atoms with Crippen LogP contribution >= 0.6 is 0 Å². The van der Waals surface area contributed by atoms with Gasteiger partial charge >= 0.3 is 0 Å². The molecule has 0 aromatic heterocycles. The summed E-state index contributed by atoms with van der Waals surface area (Å²) in [6.45, 7) is 2.17. The van der Waals surface area contributed by atoms with Crippen LogP contribution in [0.3, 0.4) is 0 Å². The maximum atomic E-state index is 3.16. The Bertz CT molecular complexity index is 103. The highest BCUT2D eigenvalue weighted by molar-refractivity contribution is 4.99. The minimum absolute atomic E-state index is 0.547. The predicted octanol–water partition coefficient (Wildman–Crippen LogP) is 1.56. The van der Waals surface area contributed by atoms with Crippen molar-refractivity contribution in [2.45, 2.75) is 25.8 Å². The van der Waals surface area contributed by atoms with E-state index in [-0.39, 0.29) is 0 Å². The van der Waals surface area contributed by atoms with Crippen LogP contribution in [0.25, 0.3) is 0 Å². The van der Waals surface area contributed by atoms with Gasteiger partial charge in [0.1, 0.15) is 0 Å². The van der Waals surface area contributed by atoms with Gasteiger partial charge in [0, 0.05) is 6.04 Å². The summed E-state index contributed by atoms with van der Waals surface area (Å²) < 4.78 is 0. The van der Waals surface area contributed by atoms with E-state index in [4.69, 9.17) is 0 Å². The molecule has 1 saturated carbocycles. The average molecular weight is 125 g/mol. The average Bonchev–Trinajstić information content (AvgIpc) is 2.65. The minimum Gasteiger partial charge on any atom is -0.314 e. The molecule has 0 spiro atoms. The second-order valence-corrected chi connectivity index (χ2v) is 2.80. The van der Waals surface area contributed by atoms with Crippen molar-refractivity contribution in [3.05, 3.63) is 12.2 Å². The Morgan fingerprint density at radius 1 is 1.56 bits per heavy atom. The summed E-state index contributed by atoms with van der Waals surface area (Å²) in [6, 6.07) is 0.547. The van der Waals surface area contributed by atoms with Gasteiger partial charge in [-0.1, -0.05) is 12.2 Å². The van der Waals surface area contributed by atoms with Crippen molar-refractivity contribution in [2.75, 3.05) is 7.05 Å². The lowest BCUT2D eigenvalue weighted by atomic mass is 10.3. The highest BCUT2D eigenvalue weighted by Crippen LogP contribution is 2.29. The third kappa shape index (κ3) is 2.66. The van der Waals surface area contributed by atoms with Crippen LogP contribution in [0.1, 0.15) is 19.8 Å². The van der Waals surface area contributed by atoms with Gasteiger partial charge in [-0.2, -0.15) is 0 Å². The second-order valence-electron chi connectivity index (χ2n) is 2.80. The fourth-order valence-corrected chi connectivity index (χ4v) is 0.709. The van der Waals surface area contributed by atoms with Crippen LogP contribution in [0.4, 0.5) is 0 Å². The molecule has 0 aromatic carbocycles. The fourth-order valence-electron chi connectivity index (χ4n) is 0.709. The highest BCUT2D eigenvalue weighted by Gasteiger charge is 2.16. The molecule has 0 bridgehead atoms. The second kappa shape index (κ2) is 3.02. The number of likely N-dealkylation sites (N-methyl/N-ethyl adjacent to an activating group) is 1. The Morgan fingerprint density at radius 3 is 2.67 bits per heavy atom. The van der Waals surface area contributed by atoms with Crippen LogP contribution in [0.2, 0.25) is 0 Å². The van der Waals surface area contributed by atoms with Crippen molar-refractivity contribution in [3.63, 3.8) is 0 Å². The Kier molecular flexibility index (Phi) is 2.29. The van der Waals surface area contributed by atoms with Gasteiger partial charge in [-0.05, 0) is 32.7 Å². The topological polar surface area (TPSA) is 12.0 Å². The molecule has 1 nitrogen and oxygen atoms in total. The molecule has 1 aliphatic carbocycles. The van der Waals surface area contributed by atoms with Gasteiger partial charge in [0.2, 0.25) is 0 Å². The molecule has 9 heavy (non-hydrogen) atoms. The fraction of sp³-hybridized carbons (Fsp3) is 0.750. The molecule has 1 rings (SSSR count). The summed E-state index contributed by atoms with van der Waals surface area (Å²) in [5.41, 5.74) is 0. The Morgan fingerprint density at radius 2 is 2.22 bits per heavy atom. The number of hydrogen-bond donors (Lipinski definition) is 1. The van der Waals surface area contributed by atoms with E-state index < -0.39 is 0 Å². The van der Waals surface area contributed by atoms with E-state index in [1.54, 1.807) is 0 Å². The summed E-state index contributed by atoms with van der Waals surface area (Å²) in [7, 11) is 1.99. The zero-order valence-electron chi connectivity index (χ0n) is 6.22. The molecule has 0 saturated heterocycles. The molecule has 0 radical (unpaired) electrons. The van der Waals surface area contributed by atoms with Crippen LogP contribution in [0, 0.1) is 5.92 Å². The molecular formula is C8H15N. The van der Waals surface area contributed by atoms with E-state index in [9.17, 15) is 0 Å². The zero-order chi connectivity index (χ0) is 6.69. The van der Waals surface area contributed by atoms with E-state index in [2.05, 4.69) is 24.4 Å². The molecule has 1 heteroatoms. The molecule has 0 aromatic rings. The van der Waals surface area contributed by atoms with Gasteiger partial charge in [-0.3, -0.25) is 0 Å². The van der Waals surface area contributed by atoms with Crippen LogP contribution in [-0.2, 0) is 0 Å². The molecule has 1 atom stereocenters. The first-order valence-corrected chi connectivity index (χ1v) is 3.68. The van der Waals surface area contributed by atoms with Gasteiger partial charge in [-0.15, -0.1) is 0 Å². The van der Waals surface area contributed by atoms with Crippen molar-refractivity contribution in [1.29, 1.82) is 0 Å². The molecule has 1 aliphatic rings. The Hall–Kier alpha value is -0.300. The smallest absolute Gasteiger partial charge is 0.0218 e. The molecule has 1 N–H and O–H groups in total. The lowest BCUT2D eigenvalue weighted by Gasteiger charge is -2.00. The first-order chi connectivity index (χ1) is 4.33. The van der Waals surface area contributed by atoms with E-state index in [0.29, 0.717) is 6.04 Å². The monoisotopic (exact) mass is 125 g/mol. The van der Waals surface area contributed by atoms with E-state index >= 15 is 0 Å². The van der Waals surface area contributed by atoms with Gasteiger partial charge in [0.25, 0.3) is 0 Å². The number of hydrogen-bond acceptors (Lipinski definition) is 1. The highest BCUT2D eigenvalue weighted by atomic mass is 14.8. The number of rotatable bonds is 3. The van der Waals surface area contributed by atoms with Gasteiger partial charge in [0.05, 0.1) is 0 Å². The van der Waals surface area contributed by atoms with Crippen LogP contribution in [0.15, 0.2) is 12.2 Å². The molecule has 0 amide bonds. The summed E-state index contributed by atoms with van der Waals surface area (Å²) >= 11 is 0. The number of allylic oxidation sites excluding steroid dienone is 1. The lowest BCUT2D eigenvalue weighted by molar-refractivity contribution is 0.725. The van der Waals surface area contributed by atoms with Crippen molar-refractivity contribution >= 4 is 0 Å². The number of nitrogens with one attached hydrogen (secondary N) is 1. The van der Waals surface area contributed by atoms with Crippen molar-refractivity contribution in [2.24, 2.45) is 5.92 Å². The van der Waals surface area contributed by atoms with Gasteiger partial charge in [-0.25, -0.2) is 0 Å². The predicted molar refractivity (Wildman–Crippen MR) is 40.4 cm³/mol. The van der Waals surface area contributed by atoms with Crippen LogP contribution in [0.5, 0.6) is 0 Å². The molecule has 0 heterocycles. The maximum Gasteiger partial charge on any atom is 0.0218 e. The van der Waals surface area contributed by atoms with Crippen molar-refractivity contribution < 1.29 is 0 Å². The summed E-state index contributed by atoms with van der Waals surface area (Å²) in [5, 5.41) is 3.16. The Labute approximate surface area is 57.1 Å². The lowest BCUT2D eigenvalue weighted by Crippen LogP contribution is -2.17. The van der Waals surface area contributed by atoms with E-state index in [1.807, 2.05) is 7.05 Å². The molecular weight excluding hydrogens is 110 g/mol. The minimum atomic E-state index is 0.547. The SMILES string of the molecule is CNC(C)/C=C/C1CC1.